The van der Waals surface area contributed by atoms with Crippen LogP contribution >= 0.6 is 0 Å². The summed E-state index contributed by atoms with van der Waals surface area (Å²) in [6.45, 7) is 0.555. The van der Waals surface area contributed by atoms with E-state index in [1.54, 1.807) is 18.8 Å². The van der Waals surface area contributed by atoms with Gasteiger partial charge in [0.1, 0.15) is 14.5 Å². The fourth-order valence-electron chi connectivity index (χ4n) is 2.40. The highest BCUT2D eigenvalue weighted by Gasteiger charge is 2.32. The number of ether oxygens (including phenoxy) is 1. The van der Waals surface area contributed by atoms with Gasteiger partial charge >= 0.3 is 12.1 Å². The predicted molar refractivity (Wildman–Crippen MR) is 73.8 cm³/mol. The molecule has 0 aliphatic carbocycles. The summed E-state index contributed by atoms with van der Waals surface area (Å²) < 4.78 is 43.6. The van der Waals surface area contributed by atoms with Crippen molar-refractivity contribution < 1.29 is 27.8 Å². The van der Waals surface area contributed by atoms with Gasteiger partial charge in [0.25, 0.3) is 0 Å². The maximum atomic E-state index is 12.8. The Balaban J connectivity index is 2.09. The van der Waals surface area contributed by atoms with E-state index >= 15 is 0 Å². The summed E-state index contributed by atoms with van der Waals surface area (Å²) in [5.74, 6) is -1.05. The van der Waals surface area contributed by atoms with Gasteiger partial charge in [-0.25, -0.2) is 4.79 Å². The third-order valence-corrected chi connectivity index (χ3v) is 3.34. The Labute approximate surface area is 120 Å². The summed E-state index contributed by atoms with van der Waals surface area (Å²) in [4.78, 5) is 12.2. The Morgan fingerprint density at radius 3 is 2.76 bits per heavy atom. The molecule has 1 saturated heterocycles. The van der Waals surface area contributed by atoms with Crippen molar-refractivity contribution in [1.29, 1.82) is 0 Å². The first kappa shape index (κ1) is 15.7. The second-order valence-electron chi connectivity index (χ2n) is 5.12. The van der Waals surface area contributed by atoms with Gasteiger partial charge in [-0.15, -0.1) is 0 Å². The Morgan fingerprint density at radius 1 is 1.43 bits per heavy atom. The number of rotatable bonds is 4. The van der Waals surface area contributed by atoms with E-state index in [4.69, 9.17) is 9.84 Å². The number of hydrogen-bond acceptors (Lipinski definition) is 3. The summed E-state index contributed by atoms with van der Waals surface area (Å²) in [6.07, 6.45) is -4.04. The van der Waals surface area contributed by atoms with Crippen molar-refractivity contribution in [1.82, 2.24) is 0 Å². The van der Waals surface area contributed by atoms with Gasteiger partial charge in [0, 0.05) is 18.8 Å². The van der Waals surface area contributed by atoms with Gasteiger partial charge in [-0.2, -0.15) is 13.2 Å². The van der Waals surface area contributed by atoms with Crippen LogP contribution in [0.25, 0.3) is 0 Å². The number of alkyl halides is 3. The molecule has 0 spiro atoms. The molecule has 0 amide bonds. The van der Waals surface area contributed by atoms with E-state index in [1.165, 1.54) is 0 Å². The number of carboxylic acid groups (broad SMARTS) is 1. The molecular formula is C13H15BF3NO3. The van der Waals surface area contributed by atoms with E-state index in [-0.39, 0.29) is 12.7 Å². The van der Waals surface area contributed by atoms with Crippen LogP contribution in [-0.4, -0.2) is 44.7 Å². The van der Waals surface area contributed by atoms with Gasteiger partial charge in [-0.05, 0) is 18.6 Å². The number of aliphatic carboxylic acids is 1. The van der Waals surface area contributed by atoms with Gasteiger partial charge in [0.15, 0.2) is 0 Å². The molecule has 114 valence electrons. The quantitative estimate of drug-likeness (QED) is 0.829. The molecule has 1 unspecified atom stereocenters. The van der Waals surface area contributed by atoms with Gasteiger partial charge in [-0.3, -0.25) is 0 Å². The molecule has 1 aliphatic rings. The zero-order chi connectivity index (χ0) is 15.6. The first-order valence-electron chi connectivity index (χ1n) is 6.53. The highest BCUT2D eigenvalue weighted by Crippen LogP contribution is 2.32. The van der Waals surface area contributed by atoms with Gasteiger partial charge in [0.05, 0.1) is 11.7 Å². The van der Waals surface area contributed by atoms with Gasteiger partial charge in [0.2, 0.25) is 0 Å². The largest absolute Gasteiger partial charge is 0.480 e. The molecule has 8 heteroatoms. The van der Waals surface area contributed by atoms with E-state index in [0.717, 1.165) is 12.1 Å². The van der Waals surface area contributed by atoms with Gasteiger partial charge < -0.3 is 14.7 Å². The second kappa shape index (κ2) is 5.97. The molecule has 0 aromatic heterocycles. The fourth-order valence-corrected chi connectivity index (χ4v) is 2.40. The van der Waals surface area contributed by atoms with E-state index in [1.807, 2.05) is 0 Å². The minimum absolute atomic E-state index is 0.268. The topological polar surface area (TPSA) is 49.8 Å². The summed E-state index contributed by atoms with van der Waals surface area (Å²) >= 11 is 0. The third kappa shape index (κ3) is 4.14. The Kier molecular flexibility index (Phi) is 4.46. The highest BCUT2D eigenvalue weighted by atomic mass is 19.4. The number of carbonyl (C=O) groups is 1. The SMILES string of the molecule is Bc1cc(N2CCC(OCC(=O)O)C2)cc(C(F)(F)F)c1. The summed E-state index contributed by atoms with van der Waals surface area (Å²) in [5.41, 5.74) is 0.353. The Hall–Kier alpha value is -1.70. The summed E-state index contributed by atoms with van der Waals surface area (Å²) in [6, 6.07) is 3.92. The predicted octanol–water partition coefficient (Wildman–Crippen LogP) is 0.644. The number of halogens is 3. The van der Waals surface area contributed by atoms with Crippen LogP contribution in [0.15, 0.2) is 18.2 Å². The molecule has 1 aliphatic heterocycles. The summed E-state index contributed by atoms with van der Waals surface area (Å²) in [5, 5.41) is 8.56. The van der Waals surface area contributed by atoms with Crippen molar-refractivity contribution >= 4 is 25.0 Å². The standard InChI is InChI=1S/C13H15BF3NO3/c14-9-3-8(13(15,16)17)4-10(5-9)18-2-1-11(6-18)21-7-12(19)20/h3-5,11H,1-2,6-7,14H2,(H,19,20). The minimum Gasteiger partial charge on any atom is -0.480 e. The molecule has 0 bridgehead atoms. The maximum absolute atomic E-state index is 12.8. The average Bonchev–Trinajstić information content (AvgIpc) is 2.83. The van der Waals surface area contributed by atoms with Crippen molar-refractivity contribution in [3.05, 3.63) is 23.8 Å². The van der Waals surface area contributed by atoms with E-state index in [2.05, 4.69) is 0 Å². The molecule has 1 atom stereocenters. The monoisotopic (exact) mass is 301 g/mol. The van der Waals surface area contributed by atoms with Crippen LogP contribution in [-0.2, 0) is 15.7 Å². The van der Waals surface area contributed by atoms with Crippen molar-refractivity contribution in [2.24, 2.45) is 0 Å². The van der Waals surface area contributed by atoms with Crippen molar-refractivity contribution in [3.8, 4) is 0 Å². The van der Waals surface area contributed by atoms with Crippen LogP contribution in [0.4, 0.5) is 18.9 Å². The lowest BCUT2D eigenvalue weighted by molar-refractivity contribution is -0.144. The molecular weight excluding hydrogens is 286 g/mol. The molecule has 0 radical (unpaired) electrons. The second-order valence-corrected chi connectivity index (χ2v) is 5.12. The normalized spacial score (nSPS) is 19.0. The molecule has 21 heavy (non-hydrogen) atoms. The van der Waals surface area contributed by atoms with Crippen LogP contribution in [0.2, 0.25) is 0 Å². The lowest BCUT2D eigenvalue weighted by atomic mass is 9.93. The Morgan fingerprint density at radius 2 is 2.14 bits per heavy atom. The number of hydrogen-bond donors (Lipinski definition) is 1. The zero-order valence-corrected chi connectivity index (χ0v) is 11.5. The van der Waals surface area contributed by atoms with Crippen molar-refractivity contribution in [2.45, 2.75) is 18.7 Å². The molecule has 2 rings (SSSR count). The number of nitrogens with zero attached hydrogens (tertiary/aromatic N) is 1. The number of benzene rings is 1. The first-order chi connectivity index (χ1) is 9.75. The average molecular weight is 301 g/mol. The lowest BCUT2D eigenvalue weighted by Gasteiger charge is -2.21. The number of anilines is 1. The Bertz CT molecular complexity index is 536. The highest BCUT2D eigenvalue weighted by molar-refractivity contribution is 6.32. The van der Waals surface area contributed by atoms with E-state index in [0.29, 0.717) is 30.7 Å². The van der Waals surface area contributed by atoms with Crippen LogP contribution in [0.3, 0.4) is 0 Å². The molecule has 1 N–H and O–H groups in total. The van der Waals surface area contributed by atoms with Crippen LogP contribution < -0.4 is 10.4 Å². The van der Waals surface area contributed by atoms with Crippen molar-refractivity contribution in [2.75, 3.05) is 24.6 Å². The first-order valence-corrected chi connectivity index (χ1v) is 6.53. The molecule has 0 saturated carbocycles. The molecule has 1 heterocycles. The summed E-state index contributed by atoms with van der Waals surface area (Å²) in [7, 11) is 1.62. The molecule has 1 aromatic carbocycles. The lowest BCUT2D eigenvalue weighted by Crippen LogP contribution is -2.26. The smallest absolute Gasteiger partial charge is 0.416 e. The van der Waals surface area contributed by atoms with Crippen LogP contribution in [0, 0.1) is 0 Å². The van der Waals surface area contributed by atoms with Crippen molar-refractivity contribution in [3.63, 3.8) is 0 Å². The number of carboxylic acids is 1. The molecule has 1 fully saturated rings. The van der Waals surface area contributed by atoms with E-state index in [9.17, 15) is 18.0 Å². The molecule has 1 aromatic rings. The maximum Gasteiger partial charge on any atom is 0.416 e. The van der Waals surface area contributed by atoms with Crippen LogP contribution in [0.5, 0.6) is 0 Å². The fraction of sp³-hybridized carbons (Fsp3) is 0.462. The molecule has 4 nitrogen and oxygen atoms in total. The van der Waals surface area contributed by atoms with Crippen LogP contribution in [0.1, 0.15) is 12.0 Å². The third-order valence-electron chi connectivity index (χ3n) is 3.34. The van der Waals surface area contributed by atoms with Gasteiger partial charge in [-0.1, -0.05) is 11.5 Å². The minimum atomic E-state index is -4.38. The zero-order valence-electron chi connectivity index (χ0n) is 11.5. The van der Waals surface area contributed by atoms with E-state index < -0.39 is 17.7 Å².